The number of hydrogen-bond donors (Lipinski definition) is 0. The molecule has 0 aliphatic carbocycles. The number of fused-ring (bicyclic) bond motifs is 1. The van der Waals surface area contributed by atoms with Gasteiger partial charge in [0.15, 0.2) is 5.65 Å². The molecule has 5 aromatic rings. The van der Waals surface area contributed by atoms with Gasteiger partial charge < -0.3 is 4.90 Å². The molecule has 0 radical (unpaired) electrons. The van der Waals surface area contributed by atoms with E-state index in [9.17, 15) is 4.39 Å². The SMILES string of the molecule is Cc1ccc(-c2cnn(-c3cnn4ccc(N5CCC[C@H]5c5ncccc5F)nc34)c2)cn1. The maximum atomic E-state index is 14.4. The Bertz CT molecular complexity index is 1440. The molecule has 1 aliphatic heterocycles. The molecular formula is C24H21FN8. The third kappa shape index (κ3) is 3.42. The lowest BCUT2D eigenvalue weighted by molar-refractivity contribution is 0.562. The number of rotatable bonds is 4. The predicted molar refractivity (Wildman–Crippen MR) is 122 cm³/mol. The molecule has 0 N–H and O–H groups in total. The minimum atomic E-state index is -0.282. The quantitative estimate of drug-likeness (QED) is 0.418. The third-order valence-corrected chi connectivity index (χ3v) is 6.06. The molecule has 6 rings (SSSR count). The van der Waals surface area contributed by atoms with Gasteiger partial charge in [0.25, 0.3) is 0 Å². The monoisotopic (exact) mass is 440 g/mol. The van der Waals surface area contributed by atoms with E-state index >= 15 is 0 Å². The summed E-state index contributed by atoms with van der Waals surface area (Å²) in [6.07, 6.45) is 12.6. The molecule has 164 valence electrons. The number of nitrogens with zero attached hydrogens (tertiary/aromatic N) is 8. The lowest BCUT2D eigenvalue weighted by atomic mass is 10.1. The van der Waals surface area contributed by atoms with Gasteiger partial charge in [-0.3, -0.25) is 9.97 Å². The molecule has 0 spiro atoms. The number of anilines is 1. The summed E-state index contributed by atoms with van der Waals surface area (Å²) in [5, 5.41) is 8.97. The van der Waals surface area contributed by atoms with Gasteiger partial charge in [-0.05, 0) is 44.0 Å². The van der Waals surface area contributed by atoms with Crippen LogP contribution in [0.1, 0.15) is 30.3 Å². The number of pyridine rings is 2. The highest BCUT2D eigenvalue weighted by molar-refractivity contribution is 5.65. The molecule has 1 aliphatic rings. The number of hydrogen-bond acceptors (Lipinski definition) is 6. The first-order chi connectivity index (χ1) is 16.2. The molecule has 1 fully saturated rings. The van der Waals surface area contributed by atoms with E-state index < -0.39 is 0 Å². The van der Waals surface area contributed by atoms with Gasteiger partial charge >= 0.3 is 0 Å². The van der Waals surface area contributed by atoms with Crippen LogP contribution in [0.25, 0.3) is 22.5 Å². The van der Waals surface area contributed by atoms with Gasteiger partial charge in [0.1, 0.15) is 17.3 Å². The standard InChI is InChI=1S/C24H21FN8/c1-16-6-7-17(12-27-16)18-13-28-33(15-18)21-14-29-32-11-8-22(30-24(21)32)31-10-3-5-20(31)23-19(25)4-2-9-26-23/h2,4,6-9,11-15,20H,3,5,10H2,1H3/t20-/m0/s1. The van der Waals surface area contributed by atoms with Gasteiger partial charge in [0.05, 0.1) is 24.1 Å². The number of aryl methyl sites for hydroxylation is 1. The summed E-state index contributed by atoms with van der Waals surface area (Å²) in [5.41, 5.74) is 4.84. The van der Waals surface area contributed by atoms with Crippen molar-refractivity contribution in [2.24, 2.45) is 0 Å². The Morgan fingerprint density at radius 2 is 1.94 bits per heavy atom. The molecular weight excluding hydrogens is 419 g/mol. The van der Waals surface area contributed by atoms with Crippen LogP contribution in [0.15, 0.2) is 67.5 Å². The van der Waals surface area contributed by atoms with Crippen molar-refractivity contribution in [2.45, 2.75) is 25.8 Å². The van der Waals surface area contributed by atoms with Crippen LogP contribution >= 0.6 is 0 Å². The molecule has 1 atom stereocenters. The maximum Gasteiger partial charge on any atom is 0.183 e. The largest absolute Gasteiger partial charge is 0.348 e. The summed E-state index contributed by atoms with van der Waals surface area (Å²) in [6, 6.07) is 8.86. The van der Waals surface area contributed by atoms with Gasteiger partial charge in [-0.25, -0.2) is 18.6 Å². The first kappa shape index (κ1) is 19.5. The highest BCUT2D eigenvalue weighted by Crippen LogP contribution is 2.35. The fourth-order valence-electron chi connectivity index (χ4n) is 4.38. The average Bonchev–Trinajstić information content (AvgIpc) is 3.58. The Hall–Kier alpha value is -4.14. The van der Waals surface area contributed by atoms with Crippen molar-refractivity contribution in [1.29, 1.82) is 0 Å². The molecule has 8 nitrogen and oxygen atoms in total. The summed E-state index contributed by atoms with van der Waals surface area (Å²) < 4.78 is 17.9. The van der Waals surface area contributed by atoms with Crippen molar-refractivity contribution in [3.63, 3.8) is 0 Å². The smallest absolute Gasteiger partial charge is 0.183 e. The van der Waals surface area contributed by atoms with Crippen molar-refractivity contribution in [3.8, 4) is 16.8 Å². The van der Waals surface area contributed by atoms with Crippen molar-refractivity contribution in [2.75, 3.05) is 11.4 Å². The first-order valence-electron chi connectivity index (χ1n) is 10.9. The topological polar surface area (TPSA) is 77.0 Å². The molecule has 0 amide bonds. The van der Waals surface area contributed by atoms with E-state index in [2.05, 4.69) is 25.1 Å². The van der Waals surface area contributed by atoms with E-state index in [0.29, 0.717) is 11.3 Å². The van der Waals surface area contributed by atoms with Gasteiger partial charge in [-0.15, -0.1) is 0 Å². The minimum absolute atomic E-state index is 0.141. The van der Waals surface area contributed by atoms with Crippen molar-refractivity contribution in [1.82, 2.24) is 34.3 Å². The van der Waals surface area contributed by atoms with E-state index in [1.54, 1.807) is 33.9 Å². The molecule has 0 unspecified atom stereocenters. The Kier molecular flexibility index (Phi) is 4.60. The summed E-state index contributed by atoms with van der Waals surface area (Å²) in [5.74, 6) is 0.488. The van der Waals surface area contributed by atoms with Crippen LogP contribution in [0.5, 0.6) is 0 Å². The van der Waals surface area contributed by atoms with Crippen LogP contribution in [0.4, 0.5) is 10.2 Å². The molecule has 0 aromatic carbocycles. The summed E-state index contributed by atoms with van der Waals surface area (Å²) in [4.78, 5) is 15.7. The van der Waals surface area contributed by atoms with Crippen LogP contribution in [-0.2, 0) is 0 Å². The Balaban J connectivity index is 1.37. The van der Waals surface area contributed by atoms with Gasteiger partial charge in [-0.2, -0.15) is 10.2 Å². The van der Waals surface area contributed by atoms with Crippen molar-refractivity contribution in [3.05, 3.63) is 84.7 Å². The van der Waals surface area contributed by atoms with E-state index in [4.69, 9.17) is 4.98 Å². The van der Waals surface area contributed by atoms with Gasteiger partial charge in [0.2, 0.25) is 0 Å². The average molecular weight is 440 g/mol. The fourth-order valence-corrected chi connectivity index (χ4v) is 4.38. The summed E-state index contributed by atoms with van der Waals surface area (Å²) >= 11 is 0. The summed E-state index contributed by atoms with van der Waals surface area (Å²) in [7, 11) is 0. The predicted octanol–water partition coefficient (Wildman–Crippen LogP) is 4.16. The lowest BCUT2D eigenvalue weighted by Crippen LogP contribution is -2.25. The van der Waals surface area contributed by atoms with E-state index in [1.807, 2.05) is 43.7 Å². The zero-order valence-corrected chi connectivity index (χ0v) is 18.0. The third-order valence-electron chi connectivity index (χ3n) is 6.06. The van der Waals surface area contributed by atoms with Crippen LogP contribution in [0.3, 0.4) is 0 Å². The molecule has 0 saturated carbocycles. The van der Waals surface area contributed by atoms with Crippen molar-refractivity contribution >= 4 is 11.5 Å². The van der Waals surface area contributed by atoms with E-state index in [1.165, 1.54) is 6.07 Å². The normalized spacial score (nSPS) is 16.1. The second kappa shape index (κ2) is 7.77. The van der Waals surface area contributed by atoms with Gasteiger partial charge in [-0.1, -0.05) is 6.07 Å². The minimum Gasteiger partial charge on any atom is -0.348 e. The summed E-state index contributed by atoms with van der Waals surface area (Å²) in [6.45, 7) is 2.75. The molecule has 33 heavy (non-hydrogen) atoms. The molecule has 6 heterocycles. The van der Waals surface area contributed by atoms with Crippen LogP contribution in [0, 0.1) is 12.7 Å². The first-order valence-corrected chi connectivity index (χ1v) is 10.9. The highest BCUT2D eigenvalue weighted by atomic mass is 19.1. The van der Waals surface area contributed by atoms with Crippen LogP contribution < -0.4 is 4.90 Å². The Labute approximate surface area is 189 Å². The fraction of sp³-hybridized carbons (Fsp3) is 0.208. The zero-order chi connectivity index (χ0) is 22.4. The molecule has 0 bridgehead atoms. The molecule has 9 heteroatoms. The van der Waals surface area contributed by atoms with Crippen LogP contribution in [-0.4, -0.2) is 40.9 Å². The second-order valence-corrected chi connectivity index (χ2v) is 8.17. The Morgan fingerprint density at radius 1 is 1.00 bits per heavy atom. The molecule has 1 saturated heterocycles. The number of halogens is 1. The van der Waals surface area contributed by atoms with Crippen LogP contribution in [0.2, 0.25) is 0 Å². The Morgan fingerprint density at radius 3 is 2.79 bits per heavy atom. The van der Waals surface area contributed by atoms with E-state index in [0.717, 1.165) is 47.7 Å². The second-order valence-electron chi connectivity index (χ2n) is 8.17. The highest BCUT2D eigenvalue weighted by Gasteiger charge is 2.30. The van der Waals surface area contributed by atoms with Crippen molar-refractivity contribution < 1.29 is 4.39 Å². The lowest BCUT2D eigenvalue weighted by Gasteiger charge is -2.25. The maximum absolute atomic E-state index is 14.4. The number of aromatic nitrogens is 7. The van der Waals surface area contributed by atoms with Gasteiger partial charge in [0, 0.05) is 48.2 Å². The zero-order valence-electron chi connectivity index (χ0n) is 18.0. The van der Waals surface area contributed by atoms with E-state index in [-0.39, 0.29) is 11.9 Å². The molecule has 5 aromatic heterocycles.